The summed E-state index contributed by atoms with van der Waals surface area (Å²) >= 11 is 0. The van der Waals surface area contributed by atoms with Crippen LogP contribution in [0.3, 0.4) is 0 Å². The number of nitrogens with one attached hydrogen (secondary N) is 1. The number of aromatic nitrogens is 3. The van der Waals surface area contributed by atoms with Gasteiger partial charge in [-0.15, -0.1) is 10.2 Å². The third-order valence-corrected chi connectivity index (χ3v) is 3.60. The minimum Gasteiger partial charge on any atom is -0.493 e. The molecule has 0 bridgehead atoms. The first-order valence-electron chi connectivity index (χ1n) is 6.64. The fourth-order valence-electron chi connectivity index (χ4n) is 2.60. The van der Waals surface area contributed by atoms with Crippen LogP contribution in [0.5, 0.6) is 11.5 Å². The van der Waals surface area contributed by atoms with Crippen molar-refractivity contribution < 1.29 is 9.47 Å². The van der Waals surface area contributed by atoms with Crippen molar-refractivity contribution in [1.29, 1.82) is 0 Å². The van der Waals surface area contributed by atoms with E-state index in [2.05, 4.69) is 27.0 Å². The molecule has 1 unspecified atom stereocenters. The summed E-state index contributed by atoms with van der Waals surface area (Å²) in [4.78, 5) is 0. The number of hydrogen-bond acceptors (Lipinski definition) is 5. The Morgan fingerprint density at radius 1 is 1.25 bits per heavy atom. The lowest BCUT2D eigenvalue weighted by Crippen LogP contribution is -2.32. The predicted octanol–water partition coefficient (Wildman–Crippen LogP) is 1.63. The van der Waals surface area contributed by atoms with Crippen molar-refractivity contribution in [2.45, 2.75) is 19.5 Å². The van der Waals surface area contributed by atoms with Gasteiger partial charge in [0.15, 0.2) is 17.3 Å². The van der Waals surface area contributed by atoms with E-state index in [0.717, 1.165) is 30.3 Å². The molecule has 0 radical (unpaired) electrons. The smallest absolute Gasteiger partial charge is 0.171 e. The zero-order valence-corrected chi connectivity index (χ0v) is 11.9. The molecule has 0 spiro atoms. The largest absolute Gasteiger partial charge is 0.493 e. The topological polar surface area (TPSA) is 61.2 Å². The number of fused-ring (bicyclic) bond motifs is 1. The van der Waals surface area contributed by atoms with Crippen LogP contribution in [-0.4, -0.2) is 35.5 Å². The molecule has 6 heteroatoms. The van der Waals surface area contributed by atoms with Gasteiger partial charge >= 0.3 is 0 Å². The average molecular weight is 274 g/mol. The first kappa shape index (κ1) is 12.9. The van der Waals surface area contributed by atoms with Gasteiger partial charge in [0, 0.05) is 13.1 Å². The maximum Gasteiger partial charge on any atom is 0.171 e. The standard InChI is InChI=1S/C14H18N4O2/c1-9-13-16-17-14(18(13)8-7-15-9)10-5-4-6-11(19-2)12(10)20-3/h4-6,9,15H,7-8H2,1-3H3. The highest BCUT2D eigenvalue weighted by atomic mass is 16.5. The summed E-state index contributed by atoms with van der Waals surface area (Å²) in [6.45, 7) is 3.85. The molecule has 20 heavy (non-hydrogen) atoms. The van der Waals surface area contributed by atoms with E-state index in [0.29, 0.717) is 11.5 Å². The second kappa shape index (κ2) is 5.13. The zero-order valence-electron chi connectivity index (χ0n) is 11.9. The van der Waals surface area contributed by atoms with Crippen LogP contribution >= 0.6 is 0 Å². The molecule has 0 amide bonds. The molecule has 6 nitrogen and oxygen atoms in total. The third-order valence-electron chi connectivity index (χ3n) is 3.60. The molecule has 2 aromatic rings. The van der Waals surface area contributed by atoms with E-state index in [-0.39, 0.29) is 6.04 Å². The highest BCUT2D eigenvalue weighted by Crippen LogP contribution is 2.37. The molecule has 1 aromatic heterocycles. The van der Waals surface area contributed by atoms with Gasteiger partial charge < -0.3 is 19.4 Å². The minimum atomic E-state index is 0.210. The molecule has 0 aliphatic carbocycles. The summed E-state index contributed by atoms with van der Waals surface area (Å²) in [6.07, 6.45) is 0. The van der Waals surface area contributed by atoms with Crippen molar-refractivity contribution in [3.8, 4) is 22.9 Å². The summed E-state index contributed by atoms with van der Waals surface area (Å²) in [5, 5.41) is 12.0. The van der Waals surface area contributed by atoms with Gasteiger partial charge in [-0.2, -0.15) is 0 Å². The fraction of sp³-hybridized carbons (Fsp3) is 0.429. The summed E-state index contributed by atoms with van der Waals surface area (Å²) in [5.41, 5.74) is 0.903. The molecule has 106 valence electrons. The Morgan fingerprint density at radius 2 is 2.10 bits per heavy atom. The van der Waals surface area contributed by atoms with E-state index < -0.39 is 0 Å². The summed E-state index contributed by atoms with van der Waals surface area (Å²) in [5.74, 6) is 3.17. The van der Waals surface area contributed by atoms with Crippen molar-refractivity contribution in [2.24, 2.45) is 0 Å². The third kappa shape index (κ3) is 1.92. The van der Waals surface area contributed by atoms with Crippen molar-refractivity contribution >= 4 is 0 Å². The molecule has 0 fully saturated rings. The van der Waals surface area contributed by atoms with Gasteiger partial charge in [0.2, 0.25) is 0 Å². The molecule has 3 rings (SSSR count). The van der Waals surface area contributed by atoms with Crippen LogP contribution in [0.15, 0.2) is 18.2 Å². The second-order valence-electron chi connectivity index (χ2n) is 4.75. The maximum absolute atomic E-state index is 5.49. The Bertz CT molecular complexity index is 624. The van der Waals surface area contributed by atoms with Gasteiger partial charge in [-0.1, -0.05) is 6.07 Å². The van der Waals surface area contributed by atoms with Crippen LogP contribution < -0.4 is 14.8 Å². The van der Waals surface area contributed by atoms with E-state index >= 15 is 0 Å². The van der Waals surface area contributed by atoms with Gasteiger partial charge in [0.05, 0.1) is 25.8 Å². The number of hydrogen-bond donors (Lipinski definition) is 1. The number of rotatable bonds is 3. The highest BCUT2D eigenvalue weighted by Gasteiger charge is 2.24. The van der Waals surface area contributed by atoms with Gasteiger partial charge in [0.25, 0.3) is 0 Å². The van der Waals surface area contributed by atoms with E-state index in [4.69, 9.17) is 9.47 Å². The number of methoxy groups -OCH3 is 2. The van der Waals surface area contributed by atoms with Crippen LogP contribution in [0.4, 0.5) is 0 Å². The first-order chi connectivity index (χ1) is 9.76. The molecular formula is C14H18N4O2. The number of nitrogens with zero attached hydrogens (tertiary/aromatic N) is 3. The molecule has 0 saturated carbocycles. The minimum absolute atomic E-state index is 0.210. The summed E-state index contributed by atoms with van der Waals surface area (Å²) in [7, 11) is 3.27. The zero-order chi connectivity index (χ0) is 14.1. The summed E-state index contributed by atoms with van der Waals surface area (Å²) < 4.78 is 13.0. The lowest BCUT2D eigenvalue weighted by atomic mass is 10.1. The molecule has 1 N–H and O–H groups in total. The van der Waals surface area contributed by atoms with Gasteiger partial charge in [-0.25, -0.2) is 0 Å². The Morgan fingerprint density at radius 3 is 2.85 bits per heavy atom. The van der Waals surface area contributed by atoms with Crippen molar-refractivity contribution in [2.75, 3.05) is 20.8 Å². The van der Waals surface area contributed by atoms with E-state index in [1.165, 1.54) is 0 Å². The molecule has 1 aliphatic heterocycles. The number of para-hydroxylation sites is 1. The monoisotopic (exact) mass is 274 g/mol. The van der Waals surface area contributed by atoms with Crippen molar-refractivity contribution in [1.82, 2.24) is 20.1 Å². The lowest BCUT2D eigenvalue weighted by Gasteiger charge is -2.22. The van der Waals surface area contributed by atoms with E-state index in [9.17, 15) is 0 Å². The molecule has 1 atom stereocenters. The average Bonchev–Trinajstić information content (AvgIpc) is 2.91. The Hall–Kier alpha value is -2.08. The van der Waals surface area contributed by atoms with Gasteiger partial charge in [-0.3, -0.25) is 0 Å². The highest BCUT2D eigenvalue weighted by molar-refractivity contribution is 5.69. The lowest BCUT2D eigenvalue weighted by molar-refractivity contribution is 0.355. The molecule has 0 saturated heterocycles. The van der Waals surface area contributed by atoms with Crippen molar-refractivity contribution in [3.05, 3.63) is 24.0 Å². The second-order valence-corrected chi connectivity index (χ2v) is 4.75. The van der Waals surface area contributed by atoms with Gasteiger partial charge in [-0.05, 0) is 19.1 Å². The number of ether oxygens (including phenoxy) is 2. The SMILES string of the molecule is COc1cccc(-c2nnc3n2CCNC3C)c1OC. The molecular weight excluding hydrogens is 256 g/mol. The summed E-state index contributed by atoms with van der Waals surface area (Å²) in [6, 6.07) is 6.00. The fourth-order valence-corrected chi connectivity index (χ4v) is 2.60. The quantitative estimate of drug-likeness (QED) is 0.921. The molecule has 1 aromatic carbocycles. The Kier molecular flexibility index (Phi) is 3.31. The van der Waals surface area contributed by atoms with Crippen LogP contribution in [0.2, 0.25) is 0 Å². The predicted molar refractivity (Wildman–Crippen MR) is 75.0 cm³/mol. The Labute approximate surface area is 117 Å². The first-order valence-corrected chi connectivity index (χ1v) is 6.64. The van der Waals surface area contributed by atoms with Crippen LogP contribution in [0, 0.1) is 0 Å². The van der Waals surface area contributed by atoms with Crippen LogP contribution in [0.1, 0.15) is 18.8 Å². The Balaban J connectivity index is 2.15. The number of benzene rings is 1. The maximum atomic E-state index is 5.49. The normalized spacial score (nSPS) is 17.6. The van der Waals surface area contributed by atoms with Crippen LogP contribution in [0.25, 0.3) is 11.4 Å². The van der Waals surface area contributed by atoms with E-state index in [1.807, 2.05) is 18.2 Å². The van der Waals surface area contributed by atoms with Crippen molar-refractivity contribution in [3.63, 3.8) is 0 Å². The molecule has 2 heterocycles. The van der Waals surface area contributed by atoms with Gasteiger partial charge in [0.1, 0.15) is 5.82 Å². The molecule has 1 aliphatic rings. The van der Waals surface area contributed by atoms with E-state index in [1.54, 1.807) is 14.2 Å². The van der Waals surface area contributed by atoms with Crippen LogP contribution in [-0.2, 0) is 6.54 Å².